The molecule has 5 rings (SSSR count). The van der Waals surface area contributed by atoms with Gasteiger partial charge in [0, 0.05) is 5.41 Å². The third-order valence-electron chi connectivity index (χ3n) is 7.75. The maximum atomic E-state index is 10.4. The summed E-state index contributed by atoms with van der Waals surface area (Å²) >= 11 is 0. The van der Waals surface area contributed by atoms with Crippen LogP contribution in [0.4, 0.5) is 0 Å². The van der Waals surface area contributed by atoms with Crippen molar-refractivity contribution < 1.29 is 9.76 Å². The first-order chi connectivity index (χ1) is 16.0. The van der Waals surface area contributed by atoms with Crippen molar-refractivity contribution in [1.29, 1.82) is 0 Å². The van der Waals surface area contributed by atoms with Gasteiger partial charge in [-0.2, -0.15) is 0 Å². The van der Waals surface area contributed by atoms with Gasteiger partial charge >= 0.3 is 7.48 Å². The molecule has 0 saturated heterocycles. The largest absolute Gasteiger partial charge is 0.427 e. The molecule has 0 spiro atoms. The van der Waals surface area contributed by atoms with Gasteiger partial charge in [-0.05, 0) is 77.9 Å². The van der Waals surface area contributed by atoms with Crippen molar-refractivity contribution in [2.24, 2.45) is 0 Å². The first kappa shape index (κ1) is 22.9. The molecule has 0 atom stereocenters. The zero-order valence-electron chi connectivity index (χ0n) is 20.9. The van der Waals surface area contributed by atoms with E-state index in [9.17, 15) is 5.11 Å². The zero-order valence-corrected chi connectivity index (χ0v) is 20.9. The van der Waals surface area contributed by atoms with E-state index in [1.54, 1.807) is 21.3 Å². The topological polar surface area (TPSA) is 29.5 Å². The normalized spacial score (nSPS) is 14.7. The highest BCUT2D eigenvalue weighted by Crippen LogP contribution is 2.52. The summed E-state index contributed by atoms with van der Waals surface area (Å²) in [5.41, 5.74) is 7.07. The number of benzene rings is 4. The van der Waals surface area contributed by atoms with Crippen LogP contribution in [0, 0.1) is 0 Å². The van der Waals surface area contributed by atoms with E-state index in [2.05, 4.69) is 86.6 Å². The van der Waals surface area contributed by atoms with Crippen LogP contribution in [0.25, 0.3) is 33.0 Å². The molecule has 0 fully saturated rings. The fourth-order valence-electron chi connectivity index (χ4n) is 4.84. The van der Waals surface area contributed by atoms with Crippen LogP contribution in [0.2, 0.25) is 0 Å². The lowest BCUT2D eigenvalue weighted by molar-refractivity contribution is -0.0893. The van der Waals surface area contributed by atoms with Crippen molar-refractivity contribution in [3.05, 3.63) is 90.0 Å². The number of fused-ring (bicyclic) bond motifs is 5. The van der Waals surface area contributed by atoms with E-state index in [0.717, 1.165) is 11.0 Å². The first-order valence-electron chi connectivity index (χ1n) is 12.0. The molecule has 171 valence electrons. The Bertz CT molecular complexity index is 1390. The molecule has 0 aromatic heterocycles. The number of hydrogen-bond acceptors (Lipinski definition) is 2. The molecule has 1 N–H and O–H groups in total. The minimum atomic E-state index is -0.953. The SMILES string of the molecule is CC1(C)c2cc(-c3cccc([B]OC(C)(C)C(C)(C)O)c3)ccc2-c2c1ccc1ccccc21. The molecule has 4 aromatic rings. The van der Waals surface area contributed by atoms with Crippen molar-refractivity contribution >= 4 is 23.7 Å². The van der Waals surface area contributed by atoms with Crippen LogP contribution >= 0.6 is 0 Å². The molecular formula is C31H32BO2. The summed E-state index contributed by atoms with van der Waals surface area (Å²) in [4.78, 5) is 0. The lowest BCUT2D eigenvalue weighted by atomic mass is 9.80. The predicted octanol–water partition coefficient (Wildman–Crippen LogP) is 6.62. The summed E-state index contributed by atoms with van der Waals surface area (Å²) in [7, 11) is 1.75. The van der Waals surface area contributed by atoms with Gasteiger partial charge < -0.3 is 9.76 Å². The Labute approximate surface area is 203 Å². The van der Waals surface area contributed by atoms with E-state index in [1.807, 2.05) is 19.9 Å². The van der Waals surface area contributed by atoms with Gasteiger partial charge in [-0.3, -0.25) is 0 Å². The van der Waals surface area contributed by atoms with E-state index in [4.69, 9.17) is 4.65 Å². The van der Waals surface area contributed by atoms with Crippen LogP contribution in [0.1, 0.15) is 52.7 Å². The Morgan fingerprint density at radius 2 is 1.50 bits per heavy atom. The summed E-state index contributed by atoms with van der Waals surface area (Å²) in [6, 6.07) is 28.5. The van der Waals surface area contributed by atoms with Crippen molar-refractivity contribution in [2.75, 3.05) is 0 Å². The van der Waals surface area contributed by atoms with Crippen LogP contribution in [0.15, 0.2) is 78.9 Å². The van der Waals surface area contributed by atoms with Gasteiger partial charge in [-0.25, -0.2) is 0 Å². The molecule has 4 aromatic carbocycles. The van der Waals surface area contributed by atoms with Crippen molar-refractivity contribution in [3.63, 3.8) is 0 Å². The minimum Gasteiger partial charge on any atom is -0.427 e. The average molecular weight is 447 g/mol. The zero-order chi connectivity index (χ0) is 24.3. The molecule has 0 amide bonds. The van der Waals surface area contributed by atoms with Gasteiger partial charge in [0.15, 0.2) is 0 Å². The second-order valence-corrected chi connectivity index (χ2v) is 11.0. The molecule has 0 saturated carbocycles. The highest BCUT2D eigenvalue weighted by molar-refractivity contribution is 6.47. The molecular weight excluding hydrogens is 415 g/mol. The third-order valence-corrected chi connectivity index (χ3v) is 7.75. The van der Waals surface area contributed by atoms with Crippen LogP contribution in [0.3, 0.4) is 0 Å². The van der Waals surface area contributed by atoms with Crippen LogP contribution in [-0.4, -0.2) is 23.8 Å². The Morgan fingerprint density at radius 3 is 2.26 bits per heavy atom. The van der Waals surface area contributed by atoms with E-state index >= 15 is 0 Å². The molecule has 1 aliphatic rings. The quantitative estimate of drug-likeness (QED) is 0.348. The monoisotopic (exact) mass is 447 g/mol. The second-order valence-electron chi connectivity index (χ2n) is 11.0. The molecule has 2 nitrogen and oxygen atoms in total. The number of aliphatic hydroxyl groups is 1. The molecule has 34 heavy (non-hydrogen) atoms. The summed E-state index contributed by atoms with van der Waals surface area (Å²) in [6.45, 7) is 12.0. The predicted molar refractivity (Wildman–Crippen MR) is 144 cm³/mol. The van der Waals surface area contributed by atoms with Gasteiger partial charge in [-0.15, -0.1) is 0 Å². The Kier molecular flexibility index (Phi) is 5.27. The molecule has 0 heterocycles. The van der Waals surface area contributed by atoms with E-state index < -0.39 is 11.2 Å². The summed E-state index contributed by atoms with van der Waals surface area (Å²) < 4.78 is 5.99. The molecule has 3 heteroatoms. The standard InChI is InChI=1S/C31H32BO2/c1-29(2)26-17-15-20-10-7-8-13-24(20)28(26)25-16-14-22(19-27(25)29)21-11-9-12-23(18-21)32-34-31(5,6)30(3,4)33/h7-19,33H,1-6H3. The highest BCUT2D eigenvalue weighted by Gasteiger charge is 2.37. The molecule has 0 aliphatic heterocycles. The van der Waals surface area contributed by atoms with Crippen molar-refractivity contribution in [3.8, 4) is 22.3 Å². The van der Waals surface area contributed by atoms with E-state index in [1.165, 1.54) is 38.6 Å². The van der Waals surface area contributed by atoms with Crippen molar-refractivity contribution in [1.82, 2.24) is 0 Å². The average Bonchev–Trinajstić information content (AvgIpc) is 3.04. The fraction of sp³-hybridized carbons (Fsp3) is 0.290. The number of hydrogen-bond donors (Lipinski definition) is 1. The van der Waals surface area contributed by atoms with Gasteiger partial charge in [0.25, 0.3) is 0 Å². The smallest absolute Gasteiger partial charge is 0.330 e. The van der Waals surface area contributed by atoms with Gasteiger partial charge in [-0.1, -0.05) is 92.1 Å². The van der Waals surface area contributed by atoms with Crippen LogP contribution in [0.5, 0.6) is 0 Å². The maximum absolute atomic E-state index is 10.4. The van der Waals surface area contributed by atoms with Crippen LogP contribution in [-0.2, 0) is 10.1 Å². The summed E-state index contributed by atoms with van der Waals surface area (Å²) in [5.74, 6) is 0. The molecule has 1 radical (unpaired) electrons. The fourth-order valence-corrected chi connectivity index (χ4v) is 4.84. The van der Waals surface area contributed by atoms with Gasteiger partial charge in [0.2, 0.25) is 0 Å². The molecule has 0 unspecified atom stereocenters. The lowest BCUT2D eigenvalue weighted by Crippen LogP contribution is -2.49. The Hall–Kier alpha value is -2.88. The highest BCUT2D eigenvalue weighted by atomic mass is 16.5. The Morgan fingerprint density at radius 1 is 0.765 bits per heavy atom. The number of rotatable bonds is 5. The van der Waals surface area contributed by atoms with Crippen LogP contribution < -0.4 is 5.46 Å². The second kappa shape index (κ2) is 7.83. The summed E-state index contributed by atoms with van der Waals surface area (Å²) in [6.07, 6.45) is 0. The first-order valence-corrected chi connectivity index (χ1v) is 12.0. The maximum Gasteiger partial charge on any atom is 0.330 e. The molecule has 1 aliphatic carbocycles. The van der Waals surface area contributed by atoms with Gasteiger partial charge in [0.05, 0.1) is 11.2 Å². The third kappa shape index (κ3) is 3.68. The Balaban J connectivity index is 1.52. The lowest BCUT2D eigenvalue weighted by Gasteiger charge is -2.37. The minimum absolute atomic E-state index is 0.0612. The van der Waals surface area contributed by atoms with Gasteiger partial charge in [0.1, 0.15) is 0 Å². The van der Waals surface area contributed by atoms with Crippen molar-refractivity contribution in [2.45, 2.75) is 58.2 Å². The van der Waals surface area contributed by atoms with E-state index in [0.29, 0.717) is 0 Å². The molecule has 0 bridgehead atoms. The van der Waals surface area contributed by atoms with E-state index in [-0.39, 0.29) is 5.41 Å². The summed E-state index contributed by atoms with van der Waals surface area (Å²) in [5, 5.41) is 13.0.